The monoisotopic (exact) mass is 247 g/mol. The topological polar surface area (TPSA) is 46.2 Å². The first kappa shape index (κ1) is 14.0. The quantitative estimate of drug-likeness (QED) is 0.780. The fraction of sp³-hybridized carbons (Fsp3) is 1.00. The molecule has 0 bridgehead atoms. The van der Waals surface area contributed by atoms with Crippen LogP contribution in [-0.4, -0.2) is 33.5 Å². The van der Waals surface area contributed by atoms with Gasteiger partial charge in [-0.1, -0.05) is 26.2 Å². The van der Waals surface area contributed by atoms with Crippen LogP contribution in [0.2, 0.25) is 0 Å². The predicted molar refractivity (Wildman–Crippen MR) is 68.4 cm³/mol. The van der Waals surface area contributed by atoms with Crippen LogP contribution in [0.5, 0.6) is 0 Å². The third-order valence-electron chi connectivity index (χ3n) is 3.85. The van der Waals surface area contributed by atoms with Gasteiger partial charge in [-0.15, -0.1) is 0 Å². The normalized spacial score (nSPS) is 20.9. The van der Waals surface area contributed by atoms with Crippen LogP contribution >= 0.6 is 0 Å². The van der Waals surface area contributed by atoms with Crippen molar-refractivity contribution < 1.29 is 8.42 Å². The molecule has 16 heavy (non-hydrogen) atoms. The largest absolute Gasteiger partial charge is 0.319 e. The second-order valence-corrected chi connectivity index (χ2v) is 7.55. The van der Waals surface area contributed by atoms with Gasteiger partial charge in [-0.25, -0.2) is 8.42 Å². The van der Waals surface area contributed by atoms with Crippen LogP contribution in [0, 0.1) is 5.41 Å². The minimum absolute atomic E-state index is 0.245. The van der Waals surface area contributed by atoms with Gasteiger partial charge >= 0.3 is 0 Å². The highest BCUT2D eigenvalue weighted by Crippen LogP contribution is 2.39. The van der Waals surface area contributed by atoms with Crippen molar-refractivity contribution in [2.75, 3.05) is 25.1 Å². The van der Waals surface area contributed by atoms with Crippen molar-refractivity contribution in [2.45, 2.75) is 45.4 Å². The van der Waals surface area contributed by atoms with Crippen molar-refractivity contribution >= 4 is 9.84 Å². The first-order chi connectivity index (χ1) is 7.54. The van der Waals surface area contributed by atoms with E-state index in [2.05, 4.69) is 5.32 Å². The molecular weight excluding hydrogens is 222 g/mol. The van der Waals surface area contributed by atoms with Crippen LogP contribution in [0.4, 0.5) is 0 Å². The molecule has 96 valence electrons. The Morgan fingerprint density at radius 3 is 2.31 bits per heavy atom. The zero-order valence-corrected chi connectivity index (χ0v) is 11.4. The summed E-state index contributed by atoms with van der Waals surface area (Å²) in [5.74, 6) is 0.647. The molecule has 1 saturated carbocycles. The Bertz CT molecular complexity index is 287. The fourth-order valence-electron chi connectivity index (χ4n) is 2.71. The highest BCUT2D eigenvalue weighted by molar-refractivity contribution is 7.91. The summed E-state index contributed by atoms with van der Waals surface area (Å²) in [5.41, 5.74) is 0.245. The maximum atomic E-state index is 11.6. The van der Waals surface area contributed by atoms with Crippen LogP contribution in [0.25, 0.3) is 0 Å². The number of hydrogen-bond donors (Lipinski definition) is 1. The van der Waals surface area contributed by atoms with E-state index >= 15 is 0 Å². The lowest BCUT2D eigenvalue weighted by Gasteiger charge is -2.37. The van der Waals surface area contributed by atoms with Gasteiger partial charge in [-0.05, 0) is 31.7 Å². The lowest BCUT2D eigenvalue weighted by atomic mass is 9.72. The van der Waals surface area contributed by atoms with Gasteiger partial charge in [0.05, 0.1) is 5.75 Å². The lowest BCUT2D eigenvalue weighted by Crippen LogP contribution is -2.36. The summed E-state index contributed by atoms with van der Waals surface area (Å²) in [6, 6.07) is 0. The van der Waals surface area contributed by atoms with Crippen molar-refractivity contribution in [3.05, 3.63) is 0 Å². The summed E-state index contributed by atoms with van der Waals surface area (Å²) >= 11 is 0. The van der Waals surface area contributed by atoms with Crippen LogP contribution in [-0.2, 0) is 9.84 Å². The molecule has 0 atom stereocenters. The molecule has 0 radical (unpaired) electrons. The van der Waals surface area contributed by atoms with E-state index in [9.17, 15) is 8.42 Å². The Balaban J connectivity index is 2.57. The van der Waals surface area contributed by atoms with Gasteiger partial charge in [0.2, 0.25) is 0 Å². The van der Waals surface area contributed by atoms with Gasteiger partial charge in [-0.3, -0.25) is 0 Å². The Hall–Kier alpha value is -0.0900. The molecular formula is C12H25NO2S. The lowest BCUT2D eigenvalue weighted by molar-refractivity contribution is 0.179. The highest BCUT2D eigenvalue weighted by atomic mass is 32.2. The van der Waals surface area contributed by atoms with E-state index < -0.39 is 9.84 Å². The van der Waals surface area contributed by atoms with Crippen molar-refractivity contribution in [3.8, 4) is 0 Å². The number of nitrogens with one attached hydrogen (secondary N) is 1. The molecule has 4 heteroatoms. The van der Waals surface area contributed by atoms with Gasteiger partial charge < -0.3 is 5.32 Å². The van der Waals surface area contributed by atoms with Gasteiger partial charge in [0.25, 0.3) is 0 Å². The van der Waals surface area contributed by atoms with Crippen LogP contribution < -0.4 is 5.32 Å². The summed E-state index contributed by atoms with van der Waals surface area (Å²) in [4.78, 5) is 0. The second kappa shape index (κ2) is 6.01. The SMILES string of the molecule is CCS(=O)(=O)CCC1(CNC)CCCCC1. The molecule has 0 amide bonds. The minimum atomic E-state index is -2.80. The average Bonchev–Trinajstić information content (AvgIpc) is 2.29. The van der Waals surface area contributed by atoms with Crippen molar-refractivity contribution in [1.29, 1.82) is 0 Å². The molecule has 1 aliphatic rings. The average molecular weight is 247 g/mol. The van der Waals surface area contributed by atoms with Gasteiger partial charge in [0.15, 0.2) is 0 Å². The first-order valence-corrected chi connectivity index (χ1v) is 8.21. The molecule has 0 aliphatic heterocycles. The smallest absolute Gasteiger partial charge is 0.150 e. The molecule has 3 nitrogen and oxygen atoms in total. The Morgan fingerprint density at radius 1 is 1.19 bits per heavy atom. The van der Waals surface area contributed by atoms with Crippen LogP contribution in [0.15, 0.2) is 0 Å². The Morgan fingerprint density at radius 2 is 1.81 bits per heavy atom. The molecule has 0 aromatic heterocycles. The third-order valence-corrected chi connectivity index (χ3v) is 5.55. The van der Waals surface area contributed by atoms with Crippen molar-refractivity contribution in [1.82, 2.24) is 5.32 Å². The van der Waals surface area contributed by atoms with E-state index in [-0.39, 0.29) is 11.2 Å². The molecule has 0 unspecified atom stereocenters. The molecule has 0 spiro atoms. The Kier molecular flexibility index (Phi) is 5.25. The van der Waals surface area contributed by atoms with Gasteiger partial charge in [0.1, 0.15) is 9.84 Å². The van der Waals surface area contributed by atoms with Gasteiger partial charge in [-0.2, -0.15) is 0 Å². The number of rotatable bonds is 6. The molecule has 1 aliphatic carbocycles. The van der Waals surface area contributed by atoms with Crippen LogP contribution in [0.1, 0.15) is 45.4 Å². The maximum Gasteiger partial charge on any atom is 0.150 e. The standard InChI is InChI=1S/C12H25NO2S/c1-3-16(14,15)10-9-12(11-13-2)7-5-4-6-8-12/h13H,3-11H2,1-2H3. The summed E-state index contributed by atoms with van der Waals surface area (Å²) in [6.45, 7) is 2.70. The second-order valence-electron chi connectivity index (χ2n) is 5.08. The van der Waals surface area contributed by atoms with E-state index in [0.717, 1.165) is 13.0 Å². The van der Waals surface area contributed by atoms with Crippen molar-refractivity contribution in [2.24, 2.45) is 5.41 Å². The number of sulfone groups is 1. The summed E-state index contributed by atoms with van der Waals surface area (Å²) in [5, 5.41) is 3.24. The fourth-order valence-corrected chi connectivity index (χ4v) is 3.74. The molecule has 0 aromatic rings. The third kappa shape index (κ3) is 4.06. The molecule has 0 aromatic carbocycles. The zero-order valence-electron chi connectivity index (χ0n) is 10.6. The molecule has 1 fully saturated rings. The van der Waals surface area contributed by atoms with E-state index in [1.54, 1.807) is 6.92 Å². The predicted octanol–water partition coefficient (Wildman–Crippen LogP) is 1.98. The summed E-state index contributed by atoms with van der Waals surface area (Å²) < 4.78 is 23.1. The maximum absolute atomic E-state index is 11.6. The molecule has 0 saturated heterocycles. The summed E-state index contributed by atoms with van der Waals surface area (Å²) in [7, 11) is -0.840. The number of hydrogen-bond acceptors (Lipinski definition) is 3. The van der Waals surface area contributed by atoms with Gasteiger partial charge in [0, 0.05) is 12.3 Å². The van der Waals surface area contributed by atoms with E-state index in [0.29, 0.717) is 5.75 Å². The van der Waals surface area contributed by atoms with E-state index in [1.165, 1.54) is 32.1 Å². The van der Waals surface area contributed by atoms with Crippen LogP contribution in [0.3, 0.4) is 0 Å². The first-order valence-electron chi connectivity index (χ1n) is 6.39. The molecule has 1 N–H and O–H groups in total. The molecule has 1 rings (SSSR count). The minimum Gasteiger partial charge on any atom is -0.319 e. The van der Waals surface area contributed by atoms with E-state index in [1.807, 2.05) is 7.05 Å². The van der Waals surface area contributed by atoms with E-state index in [4.69, 9.17) is 0 Å². The molecule has 0 heterocycles. The highest BCUT2D eigenvalue weighted by Gasteiger charge is 2.32. The van der Waals surface area contributed by atoms with Crippen molar-refractivity contribution in [3.63, 3.8) is 0 Å². The Labute approximate surface area is 99.9 Å². The summed E-state index contributed by atoms with van der Waals surface area (Å²) in [6.07, 6.45) is 7.04. The zero-order chi connectivity index (χ0) is 12.1.